The third kappa shape index (κ3) is 58.8. The molecule has 0 aliphatic rings. The van der Waals surface area contributed by atoms with E-state index >= 15 is 0 Å². The zero-order valence-electron chi connectivity index (χ0n) is 74.3. The molecule has 0 radical (unpaired) electrons. The van der Waals surface area contributed by atoms with Gasteiger partial charge in [0.2, 0.25) is 53.2 Å². The van der Waals surface area contributed by atoms with Gasteiger partial charge >= 0.3 is 0 Å². The molecule has 0 fully saturated rings. The Bertz CT molecular complexity index is 2950. The Labute approximate surface area is 721 Å². The van der Waals surface area contributed by atoms with Gasteiger partial charge in [0.1, 0.15) is 0 Å². The maximum Gasteiger partial charge on any atom is 0.253 e. The van der Waals surface area contributed by atoms with Gasteiger partial charge in [-0.1, -0.05) is 206 Å². The Balaban J connectivity index is 2.45. The van der Waals surface area contributed by atoms with E-state index in [-0.39, 0.29) is 188 Å². The lowest BCUT2D eigenvalue weighted by molar-refractivity contribution is -0.123. The van der Waals surface area contributed by atoms with Crippen molar-refractivity contribution in [1.29, 1.82) is 0 Å². The second-order valence-electron chi connectivity index (χ2n) is 32.0. The molecule has 0 heterocycles. The summed E-state index contributed by atoms with van der Waals surface area (Å²) in [5.74, 6) is 3.50. The summed E-state index contributed by atoms with van der Waals surface area (Å²) < 4.78 is 0. The monoisotopic (exact) mass is 1680 g/mol. The van der Waals surface area contributed by atoms with Crippen molar-refractivity contribution < 1.29 is 52.7 Å². The van der Waals surface area contributed by atoms with Crippen molar-refractivity contribution in [2.75, 3.05) is 137 Å². The molecule has 0 aliphatic carbocycles. The molecular formula is C92H161N17O11. The summed E-state index contributed by atoms with van der Waals surface area (Å²) in [6.07, 6.45) is 36.6. The zero-order valence-corrected chi connectivity index (χ0v) is 74.3. The van der Waals surface area contributed by atoms with Crippen LogP contribution in [-0.2, 0) is 43.2 Å². The standard InChI is InChI=1S/C92H161N17O11/c1-4-7-10-13-16-19-22-25-28-31-60-97-81(110)44-53-92(54-45-82(111)98-61-32-29-26-23-20-17-14-11-8-5-2,55-46-83(112)99-62-33-30-27-24-21-18-15-12-9-6-3)106-90(119)79-40-36-77(37-41-79)34-35-78-38-42-80(43-39-78)91(120)109(73-51-88(117)104-67-75-107(69-47-84(113)100-63-56-93)70-48-85(114)101-64-57-94)74-52-89(118)105-68-76-108(71-49-86(115)102-65-58-95)72-50-87(116)103-66-59-96/h36-43H,4-33,44-76,93-96H2,1-3H3,(H,97,110)(H,98,111)(H,99,112)(H,100,113)(H,101,114)(H,102,115)(H,103,116)(H,104,117)(H,105,118)(H,106,119). The van der Waals surface area contributed by atoms with Crippen molar-refractivity contribution in [3.8, 4) is 11.8 Å². The van der Waals surface area contributed by atoms with Crippen molar-refractivity contribution in [1.82, 2.24) is 67.9 Å². The summed E-state index contributed by atoms with van der Waals surface area (Å²) >= 11 is 0. The molecule has 18 N–H and O–H groups in total. The summed E-state index contributed by atoms with van der Waals surface area (Å²) in [6.45, 7) is 12.9. The highest BCUT2D eigenvalue weighted by Crippen LogP contribution is 2.28. The van der Waals surface area contributed by atoms with Crippen LogP contribution in [0.25, 0.3) is 0 Å². The summed E-state index contributed by atoms with van der Waals surface area (Å²) in [6, 6.07) is 13.4. The number of carbonyl (C=O) groups is 11. The van der Waals surface area contributed by atoms with Crippen molar-refractivity contribution in [2.24, 2.45) is 22.9 Å². The maximum absolute atomic E-state index is 14.7. The molecule has 0 aliphatic heterocycles. The van der Waals surface area contributed by atoms with Crippen LogP contribution in [0.3, 0.4) is 0 Å². The van der Waals surface area contributed by atoms with E-state index in [1.54, 1.807) is 48.5 Å². The average molecular weight is 1680 g/mol. The number of amides is 11. The van der Waals surface area contributed by atoms with E-state index < -0.39 is 17.4 Å². The average Bonchev–Trinajstić information content (AvgIpc) is 0.828. The summed E-state index contributed by atoms with van der Waals surface area (Å²) in [7, 11) is 0. The number of carbonyl (C=O) groups excluding carboxylic acids is 11. The lowest BCUT2D eigenvalue weighted by Crippen LogP contribution is -2.50. The van der Waals surface area contributed by atoms with Gasteiger partial charge in [0.05, 0.1) is 0 Å². The minimum absolute atomic E-state index is 0.0585. The molecule has 28 heteroatoms. The molecule has 0 bridgehead atoms. The first-order chi connectivity index (χ1) is 58.3. The maximum atomic E-state index is 14.7. The number of nitrogens with two attached hydrogens (primary N) is 4. The lowest BCUT2D eigenvalue weighted by atomic mass is 9.82. The smallest absolute Gasteiger partial charge is 0.253 e. The van der Waals surface area contributed by atoms with Crippen LogP contribution in [0.1, 0.15) is 322 Å². The lowest BCUT2D eigenvalue weighted by Gasteiger charge is -2.35. The molecule has 2 aromatic carbocycles. The fourth-order valence-corrected chi connectivity index (χ4v) is 14.0. The van der Waals surface area contributed by atoms with Crippen LogP contribution < -0.4 is 76.1 Å². The largest absolute Gasteiger partial charge is 0.356 e. The first-order valence-electron chi connectivity index (χ1n) is 46.3. The molecule has 0 saturated carbocycles. The normalized spacial score (nSPS) is 11.2. The highest BCUT2D eigenvalue weighted by Gasteiger charge is 2.34. The molecule has 680 valence electrons. The van der Waals surface area contributed by atoms with Crippen LogP contribution in [0.15, 0.2) is 48.5 Å². The van der Waals surface area contributed by atoms with Gasteiger partial charge < -0.3 is 90.8 Å². The highest BCUT2D eigenvalue weighted by atomic mass is 16.2. The minimum atomic E-state index is -1.10. The number of hydrogen-bond donors (Lipinski definition) is 14. The van der Waals surface area contributed by atoms with Gasteiger partial charge in [-0.3, -0.25) is 52.7 Å². The van der Waals surface area contributed by atoms with Crippen LogP contribution in [0.5, 0.6) is 0 Å². The van der Waals surface area contributed by atoms with Crippen molar-refractivity contribution in [3.05, 3.63) is 70.8 Å². The molecule has 0 saturated heterocycles. The second kappa shape index (κ2) is 73.6. The number of nitrogens with zero attached hydrogens (tertiary/aromatic N) is 3. The molecule has 2 rings (SSSR count). The van der Waals surface area contributed by atoms with Gasteiger partial charge in [0.25, 0.3) is 11.8 Å². The molecule has 2 aromatic rings. The van der Waals surface area contributed by atoms with Gasteiger partial charge in [-0.05, 0) is 87.1 Å². The Morgan fingerprint density at radius 2 is 0.508 bits per heavy atom. The van der Waals surface area contributed by atoms with Crippen LogP contribution in [0, 0.1) is 11.8 Å². The number of benzene rings is 2. The fourth-order valence-electron chi connectivity index (χ4n) is 14.0. The van der Waals surface area contributed by atoms with Crippen LogP contribution in [-0.4, -0.2) is 223 Å². The van der Waals surface area contributed by atoms with Gasteiger partial charge in [-0.15, -0.1) is 0 Å². The van der Waals surface area contributed by atoms with Crippen molar-refractivity contribution >= 4 is 65.0 Å². The molecule has 28 nitrogen and oxygen atoms in total. The Hall–Kier alpha value is -8.07. The van der Waals surface area contributed by atoms with E-state index in [0.29, 0.717) is 102 Å². The molecule has 0 aromatic heterocycles. The molecule has 120 heavy (non-hydrogen) atoms. The Morgan fingerprint density at radius 3 is 0.783 bits per heavy atom. The first kappa shape index (κ1) is 108. The summed E-state index contributed by atoms with van der Waals surface area (Å²) in [4.78, 5) is 153. The van der Waals surface area contributed by atoms with Crippen LogP contribution in [0.2, 0.25) is 0 Å². The summed E-state index contributed by atoms with van der Waals surface area (Å²) in [5, 5.41) is 29.5. The summed E-state index contributed by atoms with van der Waals surface area (Å²) in [5.41, 5.74) is 22.9. The third-order valence-corrected chi connectivity index (χ3v) is 21.5. The fraction of sp³-hybridized carbons (Fsp3) is 0.728. The Morgan fingerprint density at radius 1 is 0.275 bits per heavy atom. The molecular weight excluding hydrogens is 1520 g/mol. The van der Waals surface area contributed by atoms with Crippen LogP contribution >= 0.6 is 0 Å². The number of hydrogen-bond acceptors (Lipinski definition) is 17. The van der Waals surface area contributed by atoms with Gasteiger partial charge in [0.15, 0.2) is 0 Å². The highest BCUT2D eigenvalue weighted by molar-refractivity contribution is 5.96. The van der Waals surface area contributed by atoms with E-state index in [0.717, 1.165) is 57.8 Å². The molecule has 0 unspecified atom stereocenters. The van der Waals surface area contributed by atoms with Crippen LogP contribution in [0.4, 0.5) is 0 Å². The van der Waals surface area contributed by atoms with E-state index in [1.165, 1.54) is 140 Å². The topological polar surface area (TPSA) is 422 Å². The van der Waals surface area contributed by atoms with E-state index in [1.807, 2.05) is 9.80 Å². The van der Waals surface area contributed by atoms with Gasteiger partial charge in [-0.2, -0.15) is 0 Å². The van der Waals surface area contributed by atoms with Crippen molar-refractivity contribution in [2.45, 2.75) is 296 Å². The molecule has 11 amide bonds. The quantitative estimate of drug-likeness (QED) is 0.0217. The minimum Gasteiger partial charge on any atom is -0.356 e. The van der Waals surface area contributed by atoms with E-state index in [4.69, 9.17) is 22.9 Å². The predicted molar refractivity (Wildman–Crippen MR) is 482 cm³/mol. The first-order valence-corrected chi connectivity index (χ1v) is 46.3. The number of rotatable bonds is 77. The molecule has 0 spiro atoms. The molecule has 0 atom stereocenters. The van der Waals surface area contributed by atoms with Gasteiger partial charge in [0, 0.05) is 223 Å². The third-order valence-electron chi connectivity index (χ3n) is 21.5. The van der Waals surface area contributed by atoms with E-state index in [2.05, 4.69) is 85.8 Å². The van der Waals surface area contributed by atoms with Gasteiger partial charge in [-0.25, -0.2) is 0 Å². The number of nitrogens with one attached hydrogen (secondary N) is 10. The second-order valence-corrected chi connectivity index (χ2v) is 32.0. The van der Waals surface area contributed by atoms with E-state index in [9.17, 15) is 52.7 Å². The zero-order chi connectivity index (χ0) is 87.6. The SMILES string of the molecule is CCCCCCCCCCCCNC(=O)CCC(CCC(=O)NCCCCCCCCCCCC)(CCC(=O)NCCCCCCCCCCCC)NC(=O)c1ccc(C#Cc2ccc(C(=O)N(CCC(=O)NCCN(CCC(=O)NCCN)CCC(=O)NCCN)CCC(=O)NCCN(CCC(=O)NCCN)CCC(=O)NCCN)cc2)cc1. The predicted octanol–water partition coefficient (Wildman–Crippen LogP) is 8.93. The van der Waals surface area contributed by atoms with Crippen molar-refractivity contribution in [3.63, 3.8) is 0 Å². The number of unbranched alkanes of at least 4 members (excludes halogenated alkanes) is 27. The Kier molecular flexibility index (Phi) is 66.3.